The van der Waals surface area contributed by atoms with Crippen LogP contribution in [-0.2, 0) is 19.3 Å². The highest BCUT2D eigenvalue weighted by atomic mass is 32.2. The first-order chi connectivity index (χ1) is 11.6. The minimum absolute atomic E-state index is 0.0680. The summed E-state index contributed by atoms with van der Waals surface area (Å²) in [5, 5.41) is 7.78. The number of nitrogens with zero attached hydrogens (tertiary/aromatic N) is 4. The lowest BCUT2D eigenvalue weighted by Gasteiger charge is -2.09. The van der Waals surface area contributed by atoms with Crippen molar-refractivity contribution < 1.29 is 0 Å². The molecule has 1 aromatic carbocycles. The number of aromatic nitrogens is 5. The number of rotatable bonds is 6. The summed E-state index contributed by atoms with van der Waals surface area (Å²) in [5.74, 6) is 1.12. The van der Waals surface area contributed by atoms with Crippen molar-refractivity contribution in [3.05, 3.63) is 50.9 Å². The van der Waals surface area contributed by atoms with Crippen molar-refractivity contribution in [1.82, 2.24) is 24.3 Å². The van der Waals surface area contributed by atoms with Crippen molar-refractivity contribution in [3.8, 4) is 0 Å². The van der Waals surface area contributed by atoms with Gasteiger partial charge < -0.3 is 0 Å². The Morgan fingerprint density at radius 2 is 2.04 bits per heavy atom. The number of hydrogen-bond donors (Lipinski definition) is 1. The zero-order chi connectivity index (χ0) is 17.1. The number of aromatic amines is 1. The number of H-pyrrole nitrogens is 1. The summed E-state index contributed by atoms with van der Waals surface area (Å²) in [4.78, 5) is 28.8. The summed E-state index contributed by atoms with van der Waals surface area (Å²) < 4.78 is 3.18. The summed E-state index contributed by atoms with van der Waals surface area (Å²) >= 11 is 1.40. The molecule has 0 radical (unpaired) electrons. The van der Waals surface area contributed by atoms with Crippen LogP contribution < -0.4 is 11.2 Å². The molecule has 0 aliphatic heterocycles. The van der Waals surface area contributed by atoms with E-state index in [4.69, 9.17) is 0 Å². The van der Waals surface area contributed by atoms with Crippen LogP contribution in [0.2, 0.25) is 0 Å². The smallest absolute Gasteiger partial charge is 0.299 e. The van der Waals surface area contributed by atoms with Gasteiger partial charge >= 0.3 is 5.69 Å². The number of hydrogen-bond acceptors (Lipinski definition) is 5. The molecular formula is C16H19N5O2S. The predicted molar refractivity (Wildman–Crippen MR) is 94.3 cm³/mol. The molecule has 0 bridgehead atoms. The zero-order valence-corrected chi connectivity index (χ0v) is 14.5. The SMILES string of the molecule is CCCCn1c(SCc2nc3ccccc3c(=O)n2C)n[nH]c1=O. The van der Waals surface area contributed by atoms with Crippen molar-refractivity contribution in [3.63, 3.8) is 0 Å². The van der Waals surface area contributed by atoms with Crippen molar-refractivity contribution in [2.75, 3.05) is 0 Å². The molecule has 2 aromatic heterocycles. The van der Waals surface area contributed by atoms with Crippen LogP contribution in [0, 0.1) is 0 Å². The maximum atomic E-state index is 12.4. The molecule has 0 aliphatic rings. The molecule has 126 valence electrons. The highest BCUT2D eigenvalue weighted by Gasteiger charge is 2.12. The van der Waals surface area contributed by atoms with Crippen LogP contribution in [0.4, 0.5) is 0 Å². The zero-order valence-electron chi connectivity index (χ0n) is 13.7. The van der Waals surface area contributed by atoms with Gasteiger partial charge in [0.2, 0.25) is 0 Å². The molecule has 3 aromatic rings. The first-order valence-corrected chi connectivity index (χ1v) is 8.83. The number of para-hydroxylation sites is 1. The standard InChI is InChI=1S/C16H19N5O2S/c1-3-4-9-21-15(23)18-19-16(21)24-10-13-17-12-8-6-5-7-11(12)14(22)20(13)2/h5-8H,3-4,9-10H2,1-2H3,(H,18,23). The lowest BCUT2D eigenvalue weighted by Crippen LogP contribution is -2.22. The molecule has 3 rings (SSSR count). The van der Waals surface area contributed by atoms with E-state index < -0.39 is 0 Å². The second-order valence-corrected chi connectivity index (χ2v) is 6.46. The first kappa shape index (κ1) is 16.5. The number of unbranched alkanes of at least 4 members (excludes halogenated alkanes) is 1. The number of thioether (sulfide) groups is 1. The van der Waals surface area contributed by atoms with Crippen molar-refractivity contribution in [1.29, 1.82) is 0 Å². The van der Waals surface area contributed by atoms with E-state index in [1.54, 1.807) is 22.2 Å². The third kappa shape index (κ3) is 3.14. The first-order valence-electron chi connectivity index (χ1n) is 7.84. The summed E-state index contributed by atoms with van der Waals surface area (Å²) in [6.45, 7) is 2.71. The normalized spacial score (nSPS) is 11.2. The molecule has 0 spiro atoms. The topological polar surface area (TPSA) is 85.6 Å². The minimum Gasteiger partial charge on any atom is -0.299 e. The fourth-order valence-corrected chi connectivity index (χ4v) is 3.41. The Labute approximate surface area is 142 Å². The van der Waals surface area contributed by atoms with Crippen LogP contribution in [-0.4, -0.2) is 24.3 Å². The molecule has 0 saturated carbocycles. The van der Waals surface area contributed by atoms with E-state index >= 15 is 0 Å². The van der Waals surface area contributed by atoms with Gasteiger partial charge in [-0.3, -0.25) is 13.9 Å². The average molecular weight is 345 g/mol. The van der Waals surface area contributed by atoms with Crippen LogP contribution in [0.1, 0.15) is 25.6 Å². The fraction of sp³-hybridized carbons (Fsp3) is 0.375. The molecule has 0 atom stereocenters. The largest absolute Gasteiger partial charge is 0.343 e. The Kier molecular flexibility index (Phi) is 4.84. The van der Waals surface area contributed by atoms with Gasteiger partial charge in [0.1, 0.15) is 5.82 Å². The van der Waals surface area contributed by atoms with Gasteiger partial charge in [0.25, 0.3) is 5.56 Å². The third-order valence-electron chi connectivity index (χ3n) is 3.86. The van der Waals surface area contributed by atoms with Gasteiger partial charge in [-0.05, 0) is 18.6 Å². The molecule has 2 heterocycles. The molecule has 0 aliphatic carbocycles. The Morgan fingerprint density at radius 1 is 1.25 bits per heavy atom. The van der Waals surface area contributed by atoms with E-state index in [-0.39, 0.29) is 11.2 Å². The van der Waals surface area contributed by atoms with Gasteiger partial charge in [-0.2, -0.15) is 0 Å². The number of fused-ring (bicyclic) bond motifs is 1. The Hall–Kier alpha value is -2.35. The molecule has 0 fully saturated rings. The van der Waals surface area contributed by atoms with Crippen LogP contribution in [0.25, 0.3) is 10.9 Å². The van der Waals surface area contributed by atoms with Gasteiger partial charge in [-0.15, -0.1) is 5.10 Å². The van der Waals surface area contributed by atoms with E-state index in [0.717, 1.165) is 12.8 Å². The van der Waals surface area contributed by atoms with Gasteiger partial charge in [0, 0.05) is 13.6 Å². The predicted octanol–water partition coefficient (Wildman–Crippen LogP) is 1.91. The molecule has 8 heteroatoms. The lowest BCUT2D eigenvalue weighted by atomic mass is 10.2. The molecule has 0 unspecified atom stereocenters. The Morgan fingerprint density at radius 3 is 2.83 bits per heavy atom. The highest BCUT2D eigenvalue weighted by Crippen LogP contribution is 2.19. The third-order valence-corrected chi connectivity index (χ3v) is 4.84. The summed E-state index contributed by atoms with van der Waals surface area (Å²) in [6, 6.07) is 7.30. The van der Waals surface area contributed by atoms with Crippen LogP contribution in [0.15, 0.2) is 39.0 Å². The summed E-state index contributed by atoms with van der Waals surface area (Å²) in [7, 11) is 1.71. The highest BCUT2D eigenvalue weighted by molar-refractivity contribution is 7.98. The van der Waals surface area contributed by atoms with E-state index in [9.17, 15) is 9.59 Å². The molecule has 0 amide bonds. The van der Waals surface area contributed by atoms with E-state index in [1.807, 2.05) is 18.2 Å². The molecule has 0 saturated heterocycles. The van der Waals surface area contributed by atoms with Crippen molar-refractivity contribution in [2.45, 2.75) is 37.2 Å². The van der Waals surface area contributed by atoms with E-state index in [1.165, 1.54) is 11.8 Å². The number of benzene rings is 1. The second kappa shape index (κ2) is 7.04. The van der Waals surface area contributed by atoms with Crippen molar-refractivity contribution >= 4 is 22.7 Å². The van der Waals surface area contributed by atoms with Gasteiger partial charge in [-0.25, -0.2) is 14.9 Å². The maximum Gasteiger partial charge on any atom is 0.343 e. The van der Waals surface area contributed by atoms with E-state index in [0.29, 0.717) is 34.2 Å². The van der Waals surface area contributed by atoms with Gasteiger partial charge in [-0.1, -0.05) is 37.2 Å². The monoisotopic (exact) mass is 345 g/mol. The molecular weight excluding hydrogens is 326 g/mol. The molecule has 1 N–H and O–H groups in total. The van der Waals surface area contributed by atoms with Crippen LogP contribution in [0.3, 0.4) is 0 Å². The lowest BCUT2D eigenvalue weighted by molar-refractivity contribution is 0.572. The van der Waals surface area contributed by atoms with Crippen LogP contribution >= 0.6 is 11.8 Å². The Balaban J connectivity index is 1.88. The van der Waals surface area contributed by atoms with Gasteiger partial charge in [0.15, 0.2) is 5.16 Å². The number of nitrogens with one attached hydrogen (secondary N) is 1. The second-order valence-electron chi connectivity index (χ2n) is 5.51. The van der Waals surface area contributed by atoms with Crippen molar-refractivity contribution in [2.24, 2.45) is 7.05 Å². The van der Waals surface area contributed by atoms with Crippen LogP contribution in [0.5, 0.6) is 0 Å². The minimum atomic E-state index is -0.202. The van der Waals surface area contributed by atoms with E-state index in [2.05, 4.69) is 22.1 Å². The quantitative estimate of drug-likeness (QED) is 0.690. The maximum absolute atomic E-state index is 12.4. The fourth-order valence-electron chi connectivity index (χ4n) is 2.45. The van der Waals surface area contributed by atoms with Gasteiger partial charge in [0.05, 0.1) is 16.7 Å². The summed E-state index contributed by atoms with van der Waals surface area (Å²) in [6.07, 6.45) is 1.92. The average Bonchev–Trinajstić information content (AvgIpc) is 2.95. The molecule has 7 nitrogen and oxygen atoms in total. The molecule has 24 heavy (non-hydrogen) atoms. The Bertz CT molecular complexity index is 972. The summed E-state index contributed by atoms with van der Waals surface area (Å²) in [5.41, 5.74) is 0.412.